The second-order valence-corrected chi connectivity index (χ2v) is 20.9. The number of carboxylic acid groups (broad SMARTS) is 1. The van der Waals surface area contributed by atoms with Gasteiger partial charge in [-0.3, -0.25) is 19.2 Å². The molecule has 6 fully saturated rings. The van der Waals surface area contributed by atoms with Gasteiger partial charge >= 0.3 is 5.97 Å². The van der Waals surface area contributed by atoms with Gasteiger partial charge in [-0.25, -0.2) is 0 Å². The van der Waals surface area contributed by atoms with Crippen LogP contribution in [0.25, 0.3) is 0 Å². The Morgan fingerprint density at radius 3 is 1.88 bits per heavy atom. The molecule has 4 saturated carbocycles. The smallest absolute Gasteiger partial charge is 0.309 e. The normalized spacial score (nSPS) is 53.0. The van der Waals surface area contributed by atoms with E-state index in [2.05, 4.69) is 48.5 Å². The molecule has 2 aliphatic heterocycles. The van der Waals surface area contributed by atoms with Crippen molar-refractivity contribution in [2.45, 2.75) is 181 Å². The number of aliphatic hydroxyl groups is 5. The maximum absolute atomic E-state index is 15.0. The van der Waals surface area contributed by atoms with Crippen LogP contribution in [0, 0.1) is 49.7 Å². The van der Waals surface area contributed by atoms with Crippen LogP contribution < -0.4 is 0 Å². The number of aliphatic hydroxyl groups excluding tert-OH is 5. The fourth-order valence-electron chi connectivity index (χ4n) is 13.9. The molecule has 0 bridgehead atoms. The van der Waals surface area contributed by atoms with Gasteiger partial charge in [0.2, 0.25) is 12.6 Å². The van der Waals surface area contributed by atoms with Crippen molar-refractivity contribution in [3.63, 3.8) is 0 Å². The molecule has 0 aromatic rings. The molecule has 4 unspecified atom stereocenters. The Hall–Kier alpha value is -2.54. The van der Waals surface area contributed by atoms with Crippen molar-refractivity contribution in [2.75, 3.05) is 0 Å². The molecular weight excluding hydrogens is 772 g/mol. The maximum atomic E-state index is 15.0. The second kappa shape index (κ2) is 14.8. The van der Waals surface area contributed by atoms with E-state index in [9.17, 15) is 49.8 Å². The van der Waals surface area contributed by atoms with Crippen molar-refractivity contribution in [1.82, 2.24) is 0 Å². The summed E-state index contributed by atoms with van der Waals surface area (Å²) < 4.78 is 33.6. The SMILES string of the molecule is CC1(C)[C@@H](O[C@H]2OC(OC=O)[C@@H](O)[C@H](O)C2O[C@@H]2OC(OC=O)[C@@H](O)[C@H](O)C2O)CC[C@]2(C)[C@H]3C(=O)C=C4[C@]5(C)C[C@@](C)(C(=O)O)CC[C@]5(C)CC[C@@]4(C)[C@]3(C)CC[C@@H]12. The number of rotatable bonds is 9. The van der Waals surface area contributed by atoms with Gasteiger partial charge in [-0.2, -0.15) is 0 Å². The quantitative estimate of drug-likeness (QED) is 0.144. The molecule has 2 saturated heterocycles. The molecule has 0 aromatic heterocycles. The molecule has 7 rings (SSSR count). The Morgan fingerprint density at radius 1 is 0.695 bits per heavy atom. The Bertz CT molecular complexity index is 1720. The summed E-state index contributed by atoms with van der Waals surface area (Å²) in [6.07, 6.45) is -10.2. The number of carbonyl (C=O) groups is 4. The van der Waals surface area contributed by atoms with Gasteiger partial charge in [0.25, 0.3) is 12.9 Å². The Balaban J connectivity index is 1.18. The van der Waals surface area contributed by atoms with Crippen LogP contribution in [0.1, 0.15) is 113 Å². The predicted molar refractivity (Wildman–Crippen MR) is 203 cm³/mol. The summed E-state index contributed by atoms with van der Waals surface area (Å²) >= 11 is 0. The lowest BCUT2D eigenvalue weighted by Gasteiger charge is -2.72. The standard InChI is InChI=1S/C43H64O16/c1-37(2)22-9-12-42(7)31(21(46)17-23-41(42,6)16-15-39(4)14-13-38(3,36(52)53)18-43(23,39)8)40(22,5)11-10-24(37)56-35-30(26(48)29(51)33(59-35)55-20-45)57-34-28(50)25(47)27(49)32(58-34)54-19-44/h17,19-20,22,24-35,47-51H,9-16,18H2,1-8H3,(H,52,53)/t22-,24-,25-,26-,27-,28?,29-,30?,31+,32?,33?,34+,35-,38-,39+,40-,41+,42+,43-/m0/s1. The third-order valence-electron chi connectivity index (χ3n) is 17.7. The van der Waals surface area contributed by atoms with Crippen molar-refractivity contribution in [3.05, 3.63) is 11.6 Å². The van der Waals surface area contributed by atoms with Crippen molar-refractivity contribution in [1.29, 1.82) is 0 Å². The molecule has 2 heterocycles. The van der Waals surface area contributed by atoms with Crippen LogP contribution in [0.4, 0.5) is 0 Å². The van der Waals surface area contributed by atoms with Crippen LogP contribution in [0.5, 0.6) is 0 Å². The van der Waals surface area contributed by atoms with Crippen LogP contribution in [0.2, 0.25) is 0 Å². The van der Waals surface area contributed by atoms with E-state index < -0.39 is 101 Å². The highest BCUT2D eigenvalue weighted by Crippen LogP contribution is 2.78. The summed E-state index contributed by atoms with van der Waals surface area (Å²) in [5, 5.41) is 64.1. The highest BCUT2D eigenvalue weighted by molar-refractivity contribution is 5.96. The number of hydrogen-bond acceptors (Lipinski definition) is 15. The van der Waals surface area contributed by atoms with E-state index in [0.717, 1.165) is 37.7 Å². The summed E-state index contributed by atoms with van der Waals surface area (Å²) in [5.41, 5.74) is -2.26. The monoisotopic (exact) mass is 836 g/mol. The molecule has 59 heavy (non-hydrogen) atoms. The number of carbonyl (C=O) groups excluding carboxylic acids is 3. The first-order chi connectivity index (χ1) is 27.4. The highest BCUT2D eigenvalue weighted by Gasteiger charge is 2.72. The van der Waals surface area contributed by atoms with E-state index in [0.29, 0.717) is 25.7 Å². The molecule has 16 nitrogen and oxygen atoms in total. The lowest BCUT2D eigenvalue weighted by atomic mass is 9.31. The molecule has 0 amide bonds. The second-order valence-electron chi connectivity index (χ2n) is 20.9. The number of fused-ring (bicyclic) bond motifs is 7. The van der Waals surface area contributed by atoms with Gasteiger partial charge in [-0.15, -0.1) is 0 Å². The highest BCUT2D eigenvalue weighted by atomic mass is 16.8. The summed E-state index contributed by atoms with van der Waals surface area (Å²) in [6.45, 7) is 17.3. The lowest BCUT2D eigenvalue weighted by molar-refractivity contribution is -0.404. The third-order valence-corrected chi connectivity index (χ3v) is 17.7. The van der Waals surface area contributed by atoms with Crippen LogP contribution >= 0.6 is 0 Å². The average molecular weight is 837 g/mol. The van der Waals surface area contributed by atoms with Crippen molar-refractivity contribution >= 4 is 24.7 Å². The Morgan fingerprint density at radius 2 is 1.27 bits per heavy atom. The van der Waals surface area contributed by atoms with E-state index in [1.54, 1.807) is 0 Å². The van der Waals surface area contributed by atoms with Gasteiger partial charge in [0, 0.05) is 5.92 Å². The zero-order chi connectivity index (χ0) is 43.5. The van der Waals surface area contributed by atoms with E-state index in [1.807, 2.05) is 13.0 Å². The van der Waals surface area contributed by atoms with Crippen molar-refractivity contribution in [2.24, 2.45) is 49.7 Å². The molecule has 6 N–H and O–H groups in total. The van der Waals surface area contributed by atoms with E-state index in [4.69, 9.17) is 28.4 Å². The number of allylic oxidation sites excluding steroid dienone is 2. The molecule has 7 aliphatic rings. The minimum atomic E-state index is -1.90. The minimum absolute atomic E-state index is 0.0213. The van der Waals surface area contributed by atoms with E-state index >= 15 is 0 Å². The molecule has 16 heteroatoms. The van der Waals surface area contributed by atoms with Crippen molar-refractivity contribution in [3.8, 4) is 0 Å². The Labute approximate surface area is 344 Å². The molecule has 0 spiro atoms. The van der Waals surface area contributed by atoms with Gasteiger partial charge in [-0.05, 0) is 109 Å². The third kappa shape index (κ3) is 6.39. The summed E-state index contributed by atoms with van der Waals surface area (Å²) in [4.78, 5) is 50.1. The average Bonchev–Trinajstić information content (AvgIpc) is 3.16. The summed E-state index contributed by atoms with van der Waals surface area (Å²) in [5.74, 6) is -1.09. The van der Waals surface area contributed by atoms with Crippen LogP contribution in [0.3, 0.4) is 0 Å². The number of ketones is 1. The van der Waals surface area contributed by atoms with Crippen molar-refractivity contribution < 1.29 is 78.2 Å². The number of hydrogen-bond donors (Lipinski definition) is 6. The lowest BCUT2D eigenvalue weighted by Crippen LogP contribution is -2.68. The Kier molecular flexibility index (Phi) is 11.2. The molecular formula is C43H64O16. The van der Waals surface area contributed by atoms with Crippen LogP contribution in [-0.4, -0.2) is 123 Å². The largest absolute Gasteiger partial charge is 0.481 e. The van der Waals surface area contributed by atoms with Crippen LogP contribution in [0.15, 0.2) is 11.6 Å². The number of aliphatic carboxylic acids is 1. The topological polar surface area (TPSA) is 245 Å². The van der Waals surface area contributed by atoms with Crippen LogP contribution in [-0.2, 0) is 47.6 Å². The molecule has 5 aliphatic carbocycles. The zero-order valence-corrected chi connectivity index (χ0v) is 35.4. The summed E-state index contributed by atoms with van der Waals surface area (Å²) in [7, 11) is 0. The maximum Gasteiger partial charge on any atom is 0.309 e. The first-order valence-corrected chi connectivity index (χ1v) is 21.1. The molecule has 19 atom stereocenters. The molecule has 0 radical (unpaired) electrons. The van der Waals surface area contributed by atoms with Gasteiger partial charge < -0.3 is 59.1 Å². The first kappa shape index (κ1) is 44.5. The predicted octanol–water partition coefficient (Wildman–Crippen LogP) is 2.73. The number of ether oxygens (including phenoxy) is 6. The van der Waals surface area contributed by atoms with E-state index in [-0.39, 0.29) is 41.4 Å². The van der Waals surface area contributed by atoms with Gasteiger partial charge in [-0.1, -0.05) is 54.0 Å². The van der Waals surface area contributed by atoms with E-state index in [1.165, 1.54) is 0 Å². The first-order valence-electron chi connectivity index (χ1n) is 21.1. The minimum Gasteiger partial charge on any atom is -0.481 e. The number of carboxylic acids is 1. The van der Waals surface area contributed by atoms with Gasteiger partial charge in [0.05, 0.1) is 11.5 Å². The molecule has 0 aromatic carbocycles. The van der Waals surface area contributed by atoms with Gasteiger partial charge in [0.1, 0.15) is 36.6 Å². The fourth-order valence-corrected chi connectivity index (χ4v) is 13.9. The zero-order valence-electron chi connectivity index (χ0n) is 35.4. The molecule has 332 valence electrons. The van der Waals surface area contributed by atoms with Gasteiger partial charge in [0.15, 0.2) is 18.4 Å². The summed E-state index contributed by atoms with van der Waals surface area (Å²) in [6, 6.07) is 0. The fraction of sp³-hybridized carbons (Fsp3) is 0.860.